The van der Waals surface area contributed by atoms with Crippen LogP contribution in [0.25, 0.3) is 0 Å². The Morgan fingerprint density at radius 1 is 1.00 bits per heavy atom. The van der Waals surface area contributed by atoms with Crippen LogP contribution in [-0.2, 0) is 74.1 Å². The van der Waals surface area contributed by atoms with E-state index in [1.807, 2.05) is 0 Å². The third-order valence-electron chi connectivity index (χ3n) is 0.0609. The van der Waals surface area contributed by atoms with Gasteiger partial charge in [-0.2, -0.15) is 0 Å². The molecule has 0 aliphatic rings. The molecule has 0 bridgehead atoms. The van der Waals surface area contributed by atoms with Crippen LogP contribution in [0.5, 0.6) is 0 Å². The van der Waals surface area contributed by atoms with Gasteiger partial charge < -0.3 is 0 Å². The fourth-order valence-electron chi connectivity index (χ4n) is 0.0136. The Morgan fingerprint density at radius 3 is 1.29 bits per heavy atom. The number of hydrogen-bond donors (Lipinski definition) is 2. The second kappa shape index (κ2) is 15.8. The fourth-order valence-corrected chi connectivity index (χ4v) is 0.0408. The summed E-state index contributed by atoms with van der Waals surface area (Å²) in [5.74, 6) is 0. The molecule has 2 N–H and O–H groups in total. The average Bonchev–Trinajstić information content (AvgIpc) is 1.41. The molecule has 0 saturated heterocycles. The fraction of sp³-hybridized carbons (Fsp3) is 0. The molecule has 0 fully saturated rings. The van der Waals surface area contributed by atoms with Crippen molar-refractivity contribution in [3.05, 3.63) is 0 Å². The standard InChI is InChI=1S/H2O4S.2Y/c1-3-5-4-2;;/h1-2H;;. The van der Waals surface area contributed by atoms with Gasteiger partial charge >= 0.3 is 0 Å². The molecule has 0 rings (SSSR count). The molecule has 0 saturated carbocycles. The molecule has 0 aliphatic carbocycles. The van der Waals surface area contributed by atoms with Crippen LogP contribution in [0.1, 0.15) is 0 Å². The van der Waals surface area contributed by atoms with E-state index in [-0.39, 0.29) is 77.7 Å². The summed E-state index contributed by atoms with van der Waals surface area (Å²) in [6.45, 7) is 0. The zero-order valence-electron chi connectivity index (χ0n) is 3.27. The van der Waals surface area contributed by atoms with Gasteiger partial charge in [0.15, 0.2) is 0 Å². The van der Waals surface area contributed by atoms with Crippen LogP contribution in [0.15, 0.2) is 0 Å². The molecule has 4 nitrogen and oxygen atoms in total. The number of hydrogen-bond acceptors (Lipinski definition) is 5. The van der Waals surface area contributed by atoms with Crippen molar-refractivity contribution in [2.24, 2.45) is 0 Å². The predicted octanol–water partition coefficient (Wildman–Crippen LogP) is 0.524. The van der Waals surface area contributed by atoms with Crippen LogP contribution in [0.4, 0.5) is 0 Å². The Bertz CT molecular complexity index is 17.2. The van der Waals surface area contributed by atoms with Crippen LogP contribution in [-0.4, -0.2) is 10.5 Å². The second-order valence-corrected chi connectivity index (χ2v) is 0.651. The summed E-state index contributed by atoms with van der Waals surface area (Å²) in [5.41, 5.74) is 0. The van der Waals surface area contributed by atoms with E-state index < -0.39 is 0 Å². The molecule has 0 spiro atoms. The van der Waals surface area contributed by atoms with E-state index in [4.69, 9.17) is 10.5 Å². The van der Waals surface area contributed by atoms with Gasteiger partial charge in [-0.25, -0.2) is 10.5 Å². The van der Waals surface area contributed by atoms with Gasteiger partial charge in [0, 0.05) is 65.4 Å². The summed E-state index contributed by atoms with van der Waals surface area (Å²) in [4.78, 5) is 0. The monoisotopic (exact) mass is 276 g/mol. The molecule has 0 unspecified atom stereocenters. The summed E-state index contributed by atoms with van der Waals surface area (Å²) in [7, 11) is 0. The average molecular weight is 276 g/mol. The Kier molecular flexibility index (Phi) is 36.5. The van der Waals surface area contributed by atoms with Gasteiger partial charge in [-0.05, 0) is 0 Å². The van der Waals surface area contributed by atoms with Crippen molar-refractivity contribution < 1.29 is 84.6 Å². The minimum Gasteiger partial charge on any atom is -0.237 e. The quantitative estimate of drug-likeness (QED) is 0.437. The van der Waals surface area contributed by atoms with Crippen molar-refractivity contribution >= 4 is 12.3 Å². The van der Waals surface area contributed by atoms with E-state index in [1.165, 1.54) is 0 Å². The molecule has 0 heterocycles. The Balaban J connectivity index is -0.0000000800. The molecule has 0 aromatic rings. The van der Waals surface area contributed by atoms with E-state index in [0.29, 0.717) is 0 Å². The predicted molar refractivity (Wildman–Crippen MR) is 15.0 cm³/mol. The first-order chi connectivity index (χ1) is 2.41. The summed E-state index contributed by atoms with van der Waals surface area (Å²) < 4.78 is 6.27. The Morgan fingerprint density at radius 2 is 1.29 bits per heavy atom. The van der Waals surface area contributed by atoms with Crippen molar-refractivity contribution in [1.82, 2.24) is 0 Å². The summed E-state index contributed by atoms with van der Waals surface area (Å²) in [6.07, 6.45) is 0. The minimum atomic E-state index is 0. The second-order valence-electron chi connectivity index (χ2n) is 0.217. The van der Waals surface area contributed by atoms with Crippen molar-refractivity contribution in [3.63, 3.8) is 0 Å². The third kappa shape index (κ3) is 17.8. The SMILES string of the molecule is OOSOO.[Y].[Y]. The maximum Gasteiger partial charge on any atom is 0.228 e. The summed E-state index contributed by atoms with van der Waals surface area (Å²) in [5, 5.41) is 14.5. The van der Waals surface area contributed by atoms with Gasteiger partial charge in [-0.3, -0.25) is 0 Å². The van der Waals surface area contributed by atoms with E-state index in [0.717, 1.165) is 0 Å². The zero-order chi connectivity index (χ0) is 4.12. The summed E-state index contributed by atoms with van der Waals surface area (Å²) >= 11 is 0.0741. The van der Waals surface area contributed by atoms with Crippen molar-refractivity contribution in [1.29, 1.82) is 0 Å². The largest absolute Gasteiger partial charge is 0.237 e. The van der Waals surface area contributed by atoms with Gasteiger partial charge in [0.05, 0.1) is 0 Å². The normalized spacial score (nSPS) is 6.00. The molecule has 38 valence electrons. The minimum absolute atomic E-state index is 0. The molecular weight excluding hydrogens is 274 g/mol. The van der Waals surface area contributed by atoms with Gasteiger partial charge in [-0.1, -0.05) is 0 Å². The molecule has 0 amide bonds. The molecule has 0 aromatic heterocycles. The molecule has 0 aliphatic heterocycles. The third-order valence-corrected chi connectivity index (χ3v) is 0.183. The molecular formula is H2O4SY2. The van der Waals surface area contributed by atoms with Gasteiger partial charge in [0.2, 0.25) is 12.3 Å². The van der Waals surface area contributed by atoms with Crippen molar-refractivity contribution in [2.75, 3.05) is 0 Å². The summed E-state index contributed by atoms with van der Waals surface area (Å²) in [6, 6.07) is 0. The van der Waals surface area contributed by atoms with E-state index in [1.54, 1.807) is 0 Å². The molecule has 0 atom stereocenters. The maximum absolute atomic E-state index is 7.24. The number of rotatable bonds is 2. The zero-order valence-corrected chi connectivity index (χ0v) is 9.77. The van der Waals surface area contributed by atoms with Crippen LogP contribution in [0.2, 0.25) is 0 Å². The first kappa shape index (κ1) is 16.2. The van der Waals surface area contributed by atoms with Gasteiger partial charge in [0.25, 0.3) is 0 Å². The molecule has 7 heteroatoms. The van der Waals surface area contributed by atoms with Gasteiger partial charge in [-0.15, -0.1) is 8.67 Å². The smallest absolute Gasteiger partial charge is 0.228 e. The molecule has 0 aromatic carbocycles. The first-order valence-electron chi connectivity index (χ1n) is 0.698. The van der Waals surface area contributed by atoms with Crippen LogP contribution >= 0.6 is 12.3 Å². The van der Waals surface area contributed by atoms with Gasteiger partial charge in [0.1, 0.15) is 0 Å². The first-order valence-corrected chi connectivity index (χ1v) is 1.37. The molecule has 2 radical (unpaired) electrons. The van der Waals surface area contributed by atoms with Crippen LogP contribution in [0, 0.1) is 0 Å². The Hall–Kier alpha value is 2.40. The molecule has 7 heavy (non-hydrogen) atoms. The van der Waals surface area contributed by atoms with E-state index in [9.17, 15) is 0 Å². The van der Waals surface area contributed by atoms with Crippen molar-refractivity contribution in [3.8, 4) is 0 Å². The van der Waals surface area contributed by atoms with Crippen LogP contribution in [0.3, 0.4) is 0 Å². The van der Waals surface area contributed by atoms with E-state index >= 15 is 0 Å². The van der Waals surface area contributed by atoms with E-state index in [2.05, 4.69) is 8.67 Å². The maximum atomic E-state index is 7.24. The van der Waals surface area contributed by atoms with Crippen molar-refractivity contribution in [2.45, 2.75) is 0 Å². The van der Waals surface area contributed by atoms with Crippen LogP contribution < -0.4 is 0 Å². The Labute approximate surface area is 95.4 Å². The topological polar surface area (TPSA) is 58.9 Å².